The Labute approximate surface area is 243 Å². The smallest absolute Gasteiger partial charge is 0.302 e. The van der Waals surface area contributed by atoms with Crippen LogP contribution < -0.4 is 5.32 Å². The van der Waals surface area contributed by atoms with E-state index < -0.39 is 5.41 Å². The van der Waals surface area contributed by atoms with Crippen molar-refractivity contribution in [3.8, 4) is 0 Å². The van der Waals surface area contributed by atoms with E-state index in [0.717, 1.165) is 56.9 Å². The average molecular weight is 554 g/mol. The average Bonchev–Trinajstić information content (AvgIpc) is 3.14. The topological polar surface area (TPSA) is 72.5 Å². The molecule has 4 saturated carbocycles. The van der Waals surface area contributed by atoms with Crippen molar-refractivity contribution in [1.82, 2.24) is 5.32 Å². The number of hydrogen-bond acceptors (Lipinski definition) is 4. The maximum absolute atomic E-state index is 14.0. The Morgan fingerprint density at radius 2 is 1.52 bits per heavy atom. The number of rotatable bonds is 4. The molecule has 0 heterocycles. The summed E-state index contributed by atoms with van der Waals surface area (Å²) in [6.07, 6.45) is 8.64. The number of carbonyl (C=O) groups excluding carboxylic acids is 3. The third-order valence-electron chi connectivity index (χ3n) is 13.5. The van der Waals surface area contributed by atoms with Gasteiger partial charge in [0.05, 0.1) is 5.41 Å². The Morgan fingerprint density at radius 1 is 0.850 bits per heavy atom. The number of nitrogens with one attached hydrogen (secondary N) is 1. The fraction of sp³-hybridized carbons (Fsp3) is 0.857. The molecule has 0 aromatic carbocycles. The van der Waals surface area contributed by atoms with Crippen molar-refractivity contribution in [3.63, 3.8) is 0 Å². The highest BCUT2D eigenvalue weighted by molar-refractivity contribution is 6.07. The van der Waals surface area contributed by atoms with E-state index in [4.69, 9.17) is 4.74 Å². The van der Waals surface area contributed by atoms with Crippen molar-refractivity contribution in [2.45, 2.75) is 139 Å². The van der Waals surface area contributed by atoms with E-state index in [1.54, 1.807) is 6.92 Å². The zero-order chi connectivity index (χ0) is 29.6. The van der Waals surface area contributed by atoms with Gasteiger partial charge in [-0.2, -0.15) is 0 Å². The lowest BCUT2D eigenvalue weighted by Gasteiger charge is -2.72. The predicted octanol–water partition coefficient (Wildman–Crippen LogP) is 7.42. The molecule has 5 heteroatoms. The number of ketones is 1. The molecule has 8 atom stereocenters. The molecule has 4 fully saturated rings. The number of ether oxygens (including phenoxy) is 1. The second-order valence-electron chi connectivity index (χ2n) is 16.4. The van der Waals surface area contributed by atoms with Crippen LogP contribution in [0.3, 0.4) is 0 Å². The lowest BCUT2D eigenvalue weighted by Crippen LogP contribution is -2.66. The highest BCUT2D eigenvalue weighted by Gasteiger charge is 2.71. The molecule has 0 aliphatic heterocycles. The summed E-state index contributed by atoms with van der Waals surface area (Å²) < 4.78 is 5.90. The first kappa shape index (κ1) is 29.8. The van der Waals surface area contributed by atoms with Crippen LogP contribution in [0.2, 0.25) is 0 Å². The summed E-state index contributed by atoms with van der Waals surface area (Å²) in [6, 6.07) is 0.0589. The van der Waals surface area contributed by atoms with Gasteiger partial charge < -0.3 is 10.1 Å². The van der Waals surface area contributed by atoms with Crippen molar-refractivity contribution in [2.24, 2.45) is 50.7 Å². The maximum atomic E-state index is 14.0. The summed E-state index contributed by atoms with van der Waals surface area (Å²) in [5.41, 5.74) is 1.84. The van der Waals surface area contributed by atoms with E-state index in [-0.39, 0.29) is 63.3 Å². The van der Waals surface area contributed by atoms with Crippen molar-refractivity contribution in [3.05, 3.63) is 11.1 Å². The second-order valence-corrected chi connectivity index (χ2v) is 16.4. The van der Waals surface area contributed by atoms with Crippen molar-refractivity contribution in [1.29, 1.82) is 0 Å². The van der Waals surface area contributed by atoms with Crippen molar-refractivity contribution >= 4 is 17.7 Å². The van der Waals surface area contributed by atoms with Gasteiger partial charge in [-0.3, -0.25) is 14.4 Å². The summed E-state index contributed by atoms with van der Waals surface area (Å²) >= 11 is 0. The molecule has 0 aromatic rings. The minimum Gasteiger partial charge on any atom is -0.462 e. The summed E-state index contributed by atoms with van der Waals surface area (Å²) in [5.74, 6) is 1.62. The first-order valence-corrected chi connectivity index (χ1v) is 16.2. The molecule has 0 spiro atoms. The molecule has 0 aromatic heterocycles. The number of hydrogen-bond donors (Lipinski definition) is 1. The molecule has 5 aliphatic carbocycles. The van der Waals surface area contributed by atoms with E-state index in [1.165, 1.54) is 5.57 Å². The summed E-state index contributed by atoms with van der Waals surface area (Å²) in [4.78, 5) is 39.6. The third kappa shape index (κ3) is 3.87. The molecule has 0 bridgehead atoms. The molecule has 5 aliphatic rings. The Kier molecular flexibility index (Phi) is 7.03. The lowest BCUT2D eigenvalue weighted by molar-refractivity contribution is -0.232. The van der Waals surface area contributed by atoms with Gasteiger partial charge in [-0.25, -0.2) is 0 Å². The van der Waals surface area contributed by atoms with Gasteiger partial charge >= 0.3 is 5.97 Å². The van der Waals surface area contributed by atoms with Crippen LogP contribution in [0.4, 0.5) is 0 Å². The number of allylic oxidation sites excluding steroid dienone is 1. The lowest BCUT2D eigenvalue weighted by atomic mass is 9.33. The third-order valence-corrected chi connectivity index (χ3v) is 13.5. The predicted molar refractivity (Wildman–Crippen MR) is 158 cm³/mol. The van der Waals surface area contributed by atoms with Gasteiger partial charge in [-0.1, -0.05) is 48.5 Å². The quantitative estimate of drug-likeness (QED) is 0.368. The standard InChI is InChI=1S/C35H55NO4/c1-20(2)28-24(38)19-35(30(39)36-21(3)4)18-17-33(9)23(29(28)35)11-12-26-32(8)15-14-27(40-22(5)37)31(6,7)25(32)13-16-34(26,33)10/h20-21,23,25-27H,11-19H2,1-10H3,(H,36,39)/t23-,25+,26-,27+,32+,33-,34-,35-/m1/s1. The number of Topliss-reactive ketones (excluding diaryl/α,β-unsaturated/α-hetero) is 1. The highest BCUT2D eigenvalue weighted by Crippen LogP contribution is 2.76. The van der Waals surface area contributed by atoms with Crippen LogP contribution >= 0.6 is 0 Å². The van der Waals surface area contributed by atoms with Crippen LogP contribution in [0.25, 0.3) is 0 Å². The van der Waals surface area contributed by atoms with Crippen LogP contribution in [0.5, 0.6) is 0 Å². The molecule has 0 saturated heterocycles. The number of fused-ring (bicyclic) bond motifs is 7. The largest absolute Gasteiger partial charge is 0.462 e. The van der Waals surface area contributed by atoms with Gasteiger partial charge in [0.25, 0.3) is 0 Å². The van der Waals surface area contributed by atoms with Gasteiger partial charge in [-0.15, -0.1) is 0 Å². The Hall–Kier alpha value is -1.65. The van der Waals surface area contributed by atoms with Crippen LogP contribution in [-0.4, -0.2) is 29.8 Å². The number of carbonyl (C=O) groups is 3. The Bertz CT molecular complexity index is 1130. The van der Waals surface area contributed by atoms with Crippen molar-refractivity contribution in [2.75, 3.05) is 0 Å². The van der Waals surface area contributed by atoms with E-state index in [0.29, 0.717) is 18.3 Å². The van der Waals surface area contributed by atoms with Gasteiger partial charge in [-0.05, 0) is 116 Å². The Morgan fingerprint density at radius 3 is 2.12 bits per heavy atom. The minimum absolute atomic E-state index is 0.0163. The molecule has 5 nitrogen and oxygen atoms in total. The normalized spacial score (nSPS) is 44.0. The molecule has 0 radical (unpaired) electrons. The minimum atomic E-state index is -0.667. The molecular weight excluding hydrogens is 498 g/mol. The molecule has 224 valence electrons. The molecule has 40 heavy (non-hydrogen) atoms. The molecule has 1 N–H and O–H groups in total. The van der Waals surface area contributed by atoms with Crippen LogP contribution in [0, 0.1) is 50.7 Å². The first-order valence-electron chi connectivity index (χ1n) is 16.2. The van der Waals surface area contributed by atoms with E-state index >= 15 is 0 Å². The maximum Gasteiger partial charge on any atom is 0.302 e. The summed E-state index contributed by atoms with van der Waals surface area (Å²) in [5, 5.41) is 3.24. The summed E-state index contributed by atoms with van der Waals surface area (Å²) in [6.45, 7) is 22.2. The summed E-state index contributed by atoms with van der Waals surface area (Å²) in [7, 11) is 0. The van der Waals surface area contributed by atoms with Crippen LogP contribution in [0.15, 0.2) is 11.1 Å². The van der Waals surface area contributed by atoms with E-state index in [1.807, 2.05) is 13.8 Å². The fourth-order valence-electron chi connectivity index (χ4n) is 11.7. The number of esters is 1. The molecular formula is C35H55NO4. The van der Waals surface area contributed by atoms with Gasteiger partial charge in [0.15, 0.2) is 5.78 Å². The highest BCUT2D eigenvalue weighted by atomic mass is 16.5. The fourth-order valence-corrected chi connectivity index (χ4v) is 11.7. The van der Waals surface area contributed by atoms with Crippen molar-refractivity contribution < 1.29 is 19.1 Å². The van der Waals surface area contributed by atoms with Gasteiger partial charge in [0.2, 0.25) is 5.91 Å². The first-order chi connectivity index (χ1) is 18.5. The molecule has 1 amide bonds. The number of amides is 1. The molecule has 5 rings (SSSR count). The van der Waals surface area contributed by atoms with Crippen LogP contribution in [-0.2, 0) is 19.1 Å². The molecule has 0 unspecified atom stereocenters. The zero-order valence-electron chi connectivity index (χ0n) is 27.0. The van der Waals surface area contributed by atoms with E-state index in [9.17, 15) is 14.4 Å². The van der Waals surface area contributed by atoms with Gasteiger partial charge in [0.1, 0.15) is 6.10 Å². The Balaban J connectivity index is 1.56. The SMILES string of the molecule is CC(=O)O[C@H]1CC[C@]2(C)[C@H]3CC[C@@H]4C5=C(C(C)C)C(=O)C[C@]5(C(=O)NC(C)C)CC[C@@]4(C)[C@]3(C)CC[C@H]2C1(C)C. The zero-order valence-corrected chi connectivity index (χ0v) is 27.0. The second kappa shape index (κ2) is 9.43. The van der Waals surface area contributed by atoms with Crippen LogP contribution in [0.1, 0.15) is 127 Å². The monoisotopic (exact) mass is 553 g/mol. The van der Waals surface area contributed by atoms with Gasteiger partial charge in [0, 0.05) is 24.8 Å². The van der Waals surface area contributed by atoms with E-state index in [2.05, 4.69) is 53.8 Å².